The molecule has 4 rings (SSSR count). The monoisotopic (exact) mass is 500 g/mol. The maximum absolute atomic E-state index is 12.8. The van der Waals surface area contributed by atoms with Gasteiger partial charge in [-0.3, -0.25) is 14.4 Å². The molecule has 1 aromatic heterocycles. The van der Waals surface area contributed by atoms with Crippen molar-refractivity contribution in [3.8, 4) is 22.6 Å². The summed E-state index contributed by atoms with van der Waals surface area (Å²) in [5.41, 5.74) is 2.94. The quantitative estimate of drug-likeness (QED) is 0.251. The van der Waals surface area contributed by atoms with Crippen molar-refractivity contribution in [3.63, 3.8) is 0 Å². The second kappa shape index (κ2) is 10.2. The van der Waals surface area contributed by atoms with Gasteiger partial charge in [0.05, 0.1) is 19.6 Å². The van der Waals surface area contributed by atoms with Gasteiger partial charge in [-0.25, -0.2) is 0 Å². The van der Waals surface area contributed by atoms with E-state index in [1.165, 1.54) is 13.8 Å². The van der Waals surface area contributed by atoms with Crippen LogP contribution in [0.3, 0.4) is 0 Å². The number of Topliss-reactive ketones (excluding diaryl/α,β-unsaturated/α-hetero) is 1. The van der Waals surface area contributed by atoms with Gasteiger partial charge >= 0.3 is 5.97 Å². The Morgan fingerprint density at radius 1 is 0.865 bits per heavy atom. The minimum absolute atomic E-state index is 0.0759. The van der Waals surface area contributed by atoms with E-state index < -0.39 is 11.4 Å². The Hall–Kier alpha value is -4.59. The van der Waals surface area contributed by atoms with Gasteiger partial charge in [-0.2, -0.15) is 0 Å². The fourth-order valence-electron chi connectivity index (χ4n) is 3.95. The van der Waals surface area contributed by atoms with Crippen LogP contribution < -0.4 is 14.8 Å². The molecule has 0 saturated heterocycles. The van der Waals surface area contributed by atoms with Gasteiger partial charge in [0.25, 0.3) is 5.91 Å². The van der Waals surface area contributed by atoms with Gasteiger partial charge in [-0.05, 0) is 49.2 Å². The number of carboxylic acids is 1. The average molecular weight is 501 g/mol. The van der Waals surface area contributed by atoms with Crippen LogP contribution in [0.15, 0.2) is 66.7 Å². The minimum Gasteiger partial charge on any atom is -0.493 e. The van der Waals surface area contributed by atoms with E-state index >= 15 is 0 Å². The van der Waals surface area contributed by atoms with Crippen molar-refractivity contribution in [1.82, 2.24) is 4.98 Å². The molecule has 3 N–H and O–H groups in total. The van der Waals surface area contributed by atoms with E-state index in [0.29, 0.717) is 28.4 Å². The summed E-state index contributed by atoms with van der Waals surface area (Å²) in [6, 6.07) is 19.7. The number of carbonyl (C=O) groups is 3. The highest BCUT2D eigenvalue weighted by atomic mass is 16.5. The van der Waals surface area contributed by atoms with E-state index in [4.69, 9.17) is 9.47 Å². The number of aromatic nitrogens is 1. The number of carboxylic acid groups (broad SMARTS) is 1. The molecule has 3 aromatic carbocycles. The van der Waals surface area contributed by atoms with Crippen LogP contribution in [0, 0.1) is 5.41 Å². The topological polar surface area (TPSA) is 118 Å². The number of rotatable bonds is 9. The molecule has 4 aromatic rings. The first-order chi connectivity index (χ1) is 17.6. The van der Waals surface area contributed by atoms with Gasteiger partial charge in [0.15, 0.2) is 17.3 Å². The van der Waals surface area contributed by atoms with Crippen LogP contribution in [-0.2, 0) is 4.79 Å². The number of ether oxygens (including phenoxy) is 2. The van der Waals surface area contributed by atoms with Crippen molar-refractivity contribution >= 4 is 34.3 Å². The lowest BCUT2D eigenvalue weighted by atomic mass is 9.85. The highest BCUT2D eigenvalue weighted by Crippen LogP contribution is 2.32. The first kappa shape index (κ1) is 25.5. The average Bonchev–Trinajstić information content (AvgIpc) is 3.31. The number of hydrogen-bond donors (Lipinski definition) is 3. The van der Waals surface area contributed by atoms with E-state index in [1.54, 1.807) is 50.6 Å². The summed E-state index contributed by atoms with van der Waals surface area (Å²) in [6.45, 7) is 3.07. The zero-order valence-corrected chi connectivity index (χ0v) is 21.0. The third-order valence-electron chi connectivity index (χ3n) is 6.23. The lowest BCUT2D eigenvalue weighted by molar-refractivity contribution is -0.146. The van der Waals surface area contributed by atoms with Crippen LogP contribution in [0.1, 0.15) is 41.1 Å². The van der Waals surface area contributed by atoms with Crippen LogP contribution >= 0.6 is 0 Å². The number of hydrogen-bond acceptors (Lipinski definition) is 5. The molecule has 0 unspecified atom stereocenters. The number of nitrogens with one attached hydrogen (secondary N) is 2. The van der Waals surface area contributed by atoms with E-state index in [9.17, 15) is 19.5 Å². The van der Waals surface area contributed by atoms with E-state index in [1.807, 2.05) is 30.3 Å². The van der Waals surface area contributed by atoms with Crippen LogP contribution in [0.5, 0.6) is 11.5 Å². The molecule has 190 valence electrons. The zero-order valence-electron chi connectivity index (χ0n) is 21.0. The van der Waals surface area contributed by atoms with E-state index in [0.717, 1.165) is 22.0 Å². The highest BCUT2D eigenvalue weighted by Gasteiger charge is 2.30. The minimum atomic E-state index is -1.12. The second-order valence-corrected chi connectivity index (χ2v) is 9.38. The van der Waals surface area contributed by atoms with Crippen LogP contribution in [0.2, 0.25) is 0 Å². The number of benzene rings is 3. The molecule has 1 amide bonds. The van der Waals surface area contributed by atoms with Gasteiger partial charge in [0, 0.05) is 34.6 Å². The summed E-state index contributed by atoms with van der Waals surface area (Å²) in [5.74, 6) is -0.353. The molecule has 0 aliphatic carbocycles. The normalized spacial score (nSPS) is 11.2. The van der Waals surface area contributed by atoms with E-state index in [2.05, 4.69) is 10.3 Å². The second-order valence-electron chi connectivity index (χ2n) is 9.38. The lowest BCUT2D eigenvalue weighted by Crippen LogP contribution is -2.26. The summed E-state index contributed by atoms with van der Waals surface area (Å²) >= 11 is 0. The molecule has 8 nitrogen and oxygen atoms in total. The third kappa shape index (κ3) is 5.48. The standard InChI is InChI=1S/C29H28N2O6/c1-29(2,28(34)35)16-24(32)19-7-5-17(6-8-19)18-9-11-21(12-10-18)30-27(33)23-13-20-14-25(36-3)26(37-4)15-22(20)31-23/h5-15,31H,16H2,1-4H3,(H,30,33)(H,34,35). The van der Waals surface area contributed by atoms with Crippen molar-refractivity contribution in [2.75, 3.05) is 19.5 Å². The first-order valence-electron chi connectivity index (χ1n) is 11.6. The van der Waals surface area contributed by atoms with Crippen molar-refractivity contribution in [2.45, 2.75) is 20.3 Å². The number of methoxy groups -OCH3 is 2. The van der Waals surface area contributed by atoms with Gasteiger partial charge in [-0.1, -0.05) is 36.4 Å². The third-order valence-corrected chi connectivity index (χ3v) is 6.23. The fourth-order valence-corrected chi connectivity index (χ4v) is 3.95. The molecule has 0 atom stereocenters. The summed E-state index contributed by atoms with van der Waals surface area (Å²) in [5, 5.41) is 13.0. The summed E-state index contributed by atoms with van der Waals surface area (Å²) in [4.78, 5) is 39.7. The molecule has 0 aliphatic heterocycles. The summed E-state index contributed by atoms with van der Waals surface area (Å²) in [7, 11) is 3.12. The predicted octanol–water partition coefficient (Wildman–Crippen LogP) is 5.79. The smallest absolute Gasteiger partial charge is 0.309 e. The first-order valence-corrected chi connectivity index (χ1v) is 11.6. The molecule has 0 saturated carbocycles. The zero-order chi connectivity index (χ0) is 26.7. The molecule has 0 aliphatic rings. The number of anilines is 1. The summed E-state index contributed by atoms with van der Waals surface area (Å²) in [6.07, 6.45) is -0.0759. The number of aromatic amines is 1. The number of amides is 1. The molecule has 8 heteroatoms. The maximum Gasteiger partial charge on any atom is 0.309 e. The predicted molar refractivity (Wildman–Crippen MR) is 142 cm³/mol. The molecule has 0 fully saturated rings. The molecular formula is C29H28N2O6. The van der Waals surface area contributed by atoms with Crippen molar-refractivity contribution in [2.24, 2.45) is 5.41 Å². The molecular weight excluding hydrogens is 472 g/mol. The summed E-state index contributed by atoms with van der Waals surface area (Å²) < 4.78 is 10.6. The van der Waals surface area contributed by atoms with Crippen molar-refractivity contribution in [3.05, 3.63) is 78.0 Å². The lowest BCUT2D eigenvalue weighted by Gasteiger charge is -2.17. The Morgan fingerprint density at radius 2 is 1.43 bits per heavy atom. The fraction of sp³-hybridized carbons (Fsp3) is 0.207. The number of H-pyrrole nitrogens is 1. The van der Waals surface area contributed by atoms with Crippen LogP contribution in [0.25, 0.3) is 22.0 Å². The number of aliphatic carboxylic acids is 1. The van der Waals surface area contributed by atoms with Gasteiger partial charge in [-0.15, -0.1) is 0 Å². The Bertz CT molecular complexity index is 1430. The number of fused-ring (bicyclic) bond motifs is 1. The van der Waals surface area contributed by atoms with Gasteiger partial charge in [0.2, 0.25) is 0 Å². The van der Waals surface area contributed by atoms with Crippen molar-refractivity contribution < 1.29 is 29.0 Å². The number of ketones is 1. The van der Waals surface area contributed by atoms with Gasteiger partial charge in [0.1, 0.15) is 5.69 Å². The van der Waals surface area contributed by atoms with Crippen LogP contribution in [-0.4, -0.2) is 42.0 Å². The molecule has 1 heterocycles. The Labute approximate surface area is 214 Å². The molecule has 37 heavy (non-hydrogen) atoms. The molecule has 0 bridgehead atoms. The Kier molecular flexibility index (Phi) is 7.02. The highest BCUT2D eigenvalue weighted by molar-refractivity contribution is 6.06. The number of carbonyl (C=O) groups excluding carboxylic acids is 2. The Morgan fingerprint density at radius 3 is 2.00 bits per heavy atom. The largest absolute Gasteiger partial charge is 0.493 e. The maximum atomic E-state index is 12.8. The van der Waals surface area contributed by atoms with E-state index in [-0.39, 0.29) is 18.1 Å². The van der Waals surface area contributed by atoms with Crippen LogP contribution in [0.4, 0.5) is 5.69 Å². The molecule has 0 radical (unpaired) electrons. The molecule has 0 spiro atoms. The SMILES string of the molecule is COc1cc2cc(C(=O)Nc3ccc(-c4ccc(C(=O)CC(C)(C)C(=O)O)cc4)cc3)[nH]c2cc1OC. The van der Waals surface area contributed by atoms with Crippen molar-refractivity contribution in [1.29, 1.82) is 0 Å². The Balaban J connectivity index is 1.44. The van der Waals surface area contributed by atoms with Gasteiger partial charge < -0.3 is 24.9 Å².